The Labute approximate surface area is 175 Å². The number of rotatable bonds is 6. The van der Waals surface area contributed by atoms with Crippen molar-refractivity contribution >= 4 is 33.4 Å². The molecule has 1 atom stereocenters. The van der Waals surface area contributed by atoms with Gasteiger partial charge in [0.2, 0.25) is 15.9 Å². The summed E-state index contributed by atoms with van der Waals surface area (Å²) in [6.07, 6.45) is 4.17. The largest absolute Gasteiger partial charge is 0.325 e. The number of carbonyl (C=O) groups excluding carboxylic acids is 1. The molecular formula is C20H22N4O3S2. The Bertz CT molecular complexity index is 1010. The van der Waals surface area contributed by atoms with E-state index >= 15 is 0 Å². The Morgan fingerprint density at radius 3 is 2.66 bits per heavy atom. The number of amides is 1. The van der Waals surface area contributed by atoms with E-state index in [0.29, 0.717) is 29.4 Å². The molecule has 1 aliphatic rings. The van der Waals surface area contributed by atoms with E-state index in [1.165, 1.54) is 22.3 Å². The summed E-state index contributed by atoms with van der Waals surface area (Å²) in [5.74, 6) is -0.225. The second-order valence-corrected chi connectivity index (χ2v) is 10.0. The summed E-state index contributed by atoms with van der Waals surface area (Å²) in [7, 11) is -3.51. The molecule has 0 aliphatic carbocycles. The number of nitrogens with one attached hydrogen (secondary N) is 1. The number of nitrogens with zero attached hydrogens (tertiary/aromatic N) is 3. The van der Waals surface area contributed by atoms with E-state index in [1.54, 1.807) is 43.3 Å². The molecule has 152 valence electrons. The summed E-state index contributed by atoms with van der Waals surface area (Å²) in [6, 6.07) is 11.9. The SMILES string of the molecule is CC(Sc1ccc(S(=O)(=O)N2CCCCC2)cn1)C(=O)Nc1cccc(C#N)c1. The number of benzene rings is 1. The zero-order chi connectivity index (χ0) is 20.9. The molecular weight excluding hydrogens is 408 g/mol. The van der Waals surface area contributed by atoms with Gasteiger partial charge in [0.1, 0.15) is 4.90 Å². The van der Waals surface area contributed by atoms with Crippen LogP contribution in [0.2, 0.25) is 0 Å². The number of nitriles is 1. The molecule has 1 amide bonds. The molecule has 1 fully saturated rings. The topological polar surface area (TPSA) is 103 Å². The Morgan fingerprint density at radius 2 is 2.00 bits per heavy atom. The lowest BCUT2D eigenvalue weighted by molar-refractivity contribution is -0.115. The molecule has 1 saturated heterocycles. The standard InChI is InChI=1S/C20H22N4O3S2/c1-15(20(25)23-17-7-5-6-16(12-17)13-21)28-19-9-8-18(14-22-19)29(26,27)24-10-3-2-4-11-24/h5-9,12,14-15H,2-4,10-11H2,1H3,(H,23,25). The summed E-state index contributed by atoms with van der Waals surface area (Å²) < 4.78 is 26.9. The number of hydrogen-bond acceptors (Lipinski definition) is 6. The van der Waals surface area contributed by atoms with Crippen molar-refractivity contribution in [3.05, 3.63) is 48.2 Å². The molecule has 9 heteroatoms. The third-order valence-corrected chi connectivity index (χ3v) is 7.52. The Kier molecular flexibility index (Phi) is 6.90. The number of hydrogen-bond donors (Lipinski definition) is 1. The van der Waals surface area contributed by atoms with Crippen LogP contribution >= 0.6 is 11.8 Å². The zero-order valence-corrected chi connectivity index (χ0v) is 17.7. The maximum Gasteiger partial charge on any atom is 0.244 e. The fourth-order valence-corrected chi connectivity index (χ4v) is 5.24. The van der Waals surface area contributed by atoms with Gasteiger partial charge in [-0.1, -0.05) is 24.2 Å². The number of anilines is 1. The first-order valence-electron chi connectivity index (χ1n) is 9.34. The van der Waals surface area contributed by atoms with Crippen LogP contribution in [0.3, 0.4) is 0 Å². The average molecular weight is 431 g/mol. The van der Waals surface area contributed by atoms with Crippen molar-refractivity contribution in [3.8, 4) is 6.07 Å². The minimum Gasteiger partial charge on any atom is -0.325 e. The van der Waals surface area contributed by atoms with E-state index < -0.39 is 15.3 Å². The minimum absolute atomic E-state index is 0.175. The van der Waals surface area contributed by atoms with Gasteiger partial charge >= 0.3 is 0 Å². The van der Waals surface area contributed by atoms with Gasteiger partial charge in [-0.3, -0.25) is 4.79 Å². The molecule has 0 radical (unpaired) electrons. The Hall–Kier alpha value is -2.41. The fourth-order valence-electron chi connectivity index (χ4n) is 2.99. The average Bonchev–Trinajstić information content (AvgIpc) is 2.75. The predicted molar refractivity (Wildman–Crippen MR) is 112 cm³/mol. The number of pyridine rings is 1. The highest BCUT2D eigenvalue weighted by Crippen LogP contribution is 2.25. The van der Waals surface area contributed by atoms with E-state index in [0.717, 1.165) is 19.3 Å². The van der Waals surface area contributed by atoms with Gasteiger partial charge in [-0.05, 0) is 50.1 Å². The molecule has 1 N–H and O–H groups in total. The molecule has 1 unspecified atom stereocenters. The number of piperidine rings is 1. The van der Waals surface area contributed by atoms with Gasteiger partial charge in [0.15, 0.2) is 0 Å². The van der Waals surface area contributed by atoms with Gasteiger partial charge in [-0.15, -0.1) is 0 Å². The van der Waals surface area contributed by atoms with Crippen LogP contribution in [-0.4, -0.2) is 42.0 Å². The molecule has 2 aromatic rings. The monoisotopic (exact) mass is 430 g/mol. The van der Waals surface area contributed by atoms with Gasteiger partial charge in [0, 0.05) is 25.0 Å². The maximum absolute atomic E-state index is 12.7. The van der Waals surface area contributed by atoms with Crippen LogP contribution in [0.1, 0.15) is 31.7 Å². The number of aromatic nitrogens is 1. The molecule has 2 heterocycles. The van der Waals surface area contributed by atoms with Crippen molar-refractivity contribution < 1.29 is 13.2 Å². The lowest BCUT2D eigenvalue weighted by atomic mass is 10.2. The van der Waals surface area contributed by atoms with E-state index in [2.05, 4.69) is 10.3 Å². The quantitative estimate of drug-likeness (QED) is 0.706. The summed E-state index contributed by atoms with van der Waals surface area (Å²) in [6.45, 7) is 2.83. The molecule has 3 rings (SSSR count). The predicted octanol–water partition coefficient (Wildman–Crippen LogP) is 3.25. The molecule has 0 saturated carbocycles. The fraction of sp³-hybridized carbons (Fsp3) is 0.350. The third-order valence-electron chi connectivity index (χ3n) is 4.59. The van der Waals surface area contributed by atoms with E-state index in [4.69, 9.17) is 5.26 Å². The molecule has 1 aliphatic heterocycles. The first kappa shape index (κ1) is 21.3. The summed E-state index contributed by atoms with van der Waals surface area (Å²) in [5.41, 5.74) is 1.02. The Morgan fingerprint density at radius 1 is 1.24 bits per heavy atom. The lowest BCUT2D eigenvalue weighted by Crippen LogP contribution is -2.35. The smallest absolute Gasteiger partial charge is 0.244 e. The molecule has 7 nitrogen and oxygen atoms in total. The van der Waals surface area contributed by atoms with Crippen LogP contribution in [0.15, 0.2) is 52.5 Å². The molecule has 0 spiro atoms. The van der Waals surface area contributed by atoms with Crippen molar-refractivity contribution in [2.75, 3.05) is 18.4 Å². The van der Waals surface area contributed by atoms with E-state index in [1.807, 2.05) is 6.07 Å². The Balaban J connectivity index is 1.62. The van der Waals surface area contributed by atoms with Gasteiger partial charge in [-0.25, -0.2) is 13.4 Å². The van der Waals surface area contributed by atoms with Crippen molar-refractivity contribution in [1.82, 2.24) is 9.29 Å². The first-order chi connectivity index (χ1) is 13.9. The second kappa shape index (κ2) is 9.39. The van der Waals surface area contributed by atoms with Crippen LogP contribution in [0.4, 0.5) is 5.69 Å². The van der Waals surface area contributed by atoms with Crippen LogP contribution in [0, 0.1) is 11.3 Å². The lowest BCUT2D eigenvalue weighted by Gasteiger charge is -2.25. The normalized spacial score (nSPS) is 16.0. The van der Waals surface area contributed by atoms with E-state index in [9.17, 15) is 13.2 Å². The molecule has 1 aromatic carbocycles. The number of carbonyl (C=O) groups is 1. The zero-order valence-electron chi connectivity index (χ0n) is 16.0. The van der Waals surface area contributed by atoms with Crippen molar-refractivity contribution in [3.63, 3.8) is 0 Å². The van der Waals surface area contributed by atoms with Gasteiger partial charge in [0.25, 0.3) is 0 Å². The highest BCUT2D eigenvalue weighted by Gasteiger charge is 2.26. The molecule has 0 bridgehead atoms. The van der Waals surface area contributed by atoms with Crippen molar-refractivity contribution in [2.24, 2.45) is 0 Å². The van der Waals surface area contributed by atoms with Crippen molar-refractivity contribution in [2.45, 2.75) is 41.4 Å². The number of thioether (sulfide) groups is 1. The highest BCUT2D eigenvalue weighted by molar-refractivity contribution is 8.00. The van der Waals surface area contributed by atoms with E-state index in [-0.39, 0.29) is 10.8 Å². The van der Waals surface area contributed by atoms with Gasteiger partial charge in [0.05, 0.1) is 21.9 Å². The first-order valence-corrected chi connectivity index (χ1v) is 11.7. The second-order valence-electron chi connectivity index (χ2n) is 6.74. The summed E-state index contributed by atoms with van der Waals surface area (Å²) in [5, 5.41) is 11.8. The minimum atomic E-state index is -3.51. The molecule has 29 heavy (non-hydrogen) atoms. The summed E-state index contributed by atoms with van der Waals surface area (Å²) in [4.78, 5) is 16.8. The molecule has 1 aromatic heterocycles. The highest BCUT2D eigenvalue weighted by atomic mass is 32.2. The maximum atomic E-state index is 12.7. The van der Waals surface area contributed by atoms with Gasteiger partial charge in [-0.2, -0.15) is 9.57 Å². The number of sulfonamides is 1. The van der Waals surface area contributed by atoms with Crippen LogP contribution in [0.5, 0.6) is 0 Å². The van der Waals surface area contributed by atoms with Crippen LogP contribution in [0.25, 0.3) is 0 Å². The third kappa shape index (κ3) is 5.35. The van der Waals surface area contributed by atoms with Crippen LogP contribution in [-0.2, 0) is 14.8 Å². The van der Waals surface area contributed by atoms with Crippen molar-refractivity contribution in [1.29, 1.82) is 5.26 Å². The summed E-state index contributed by atoms with van der Waals surface area (Å²) >= 11 is 1.24. The van der Waals surface area contributed by atoms with Gasteiger partial charge < -0.3 is 5.32 Å². The van der Waals surface area contributed by atoms with Crippen LogP contribution < -0.4 is 5.32 Å².